The molecule has 0 unspecified atom stereocenters. The molecule has 8 nitrogen and oxygen atoms in total. The highest BCUT2D eigenvalue weighted by Gasteiger charge is 2.31. The van der Waals surface area contributed by atoms with Crippen LogP contribution >= 0.6 is 0 Å². The zero-order valence-corrected chi connectivity index (χ0v) is 24.4. The Morgan fingerprint density at radius 3 is 1.62 bits per heavy atom. The molecule has 45 heavy (non-hydrogen) atoms. The largest absolute Gasteiger partial charge is 0.399 e. The predicted molar refractivity (Wildman–Crippen MR) is 174 cm³/mol. The van der Waals surface area contributed by atoms with Crippen LogP contribution in [0.15, 0.2) is 97.1 Å². The summed E-state index contributed by atoms with van der Waals surface area (Å²) in [7, 11) is 1.94. The lowest BCUT2D eigenvalue weighted by Crippen LogP contribution is -2.23. The fourth-order valence-electron chi connectivity index (χ4n) is 6.08. The van der Waals surface area contributed by atoms with Crippen LogP contribution in [-0.2, 0) is 13.1 Å². The minimum atomic E-state index is -0.208. The second-order valence-electron chi connectivity index (χ2n) is 11.4. The van der Waals surface area contributed by atoms with Crippen molar-refractivity contribution in [3.05, 3.63) is 153 Å². The topological polar surface area (TPSA) is 136 Å². The molecule has 0 amide bonds. The van der Waals surface area contributed by atoms with Crippen LogP contribution in [0, 0.1) is 0 Å². The maximum Gasteiger partial charge on any atom is 0.194 e. The molecule has 2 aliphatic rings. The molecule has 0 spiro atoms. The summed E-state index contributed by atoms with van der Waals surface area (Å²) < 4.78 is 0. The first kappa shape index (κ1) is 27.8. The molecule has 7 rings (SSSR count). The fourth-order valence-corrected chi connectivity index (χ4v) is 6.08. The summed E-state index contributed by atoms with van der Waals surface area (Å²) in [6, 6.07) is 28.2. The summed E-state index contributed by atoms with van der Waals surface area (Å²) in [5, 5.41) is 3.37. The lowest BCUT2D eigenvalue weighted by molar-refractivity contribution is 0.0979. The van der Waals surface area contributed by atoms with E-state index < -0.39 is 0 Å². The third-order valence-corrected chi connectivity index (χ3v) is 8.42. The second kappa shape index (κ2) is 10.6. The molecule has 2 aliphatic carbocycles. The molecule has 0 atom stereocenters. The minimum Gasteiger partial charge on any atom is -0.399 e. The van der Waals surface area contributed by atoms with Gasteiger partial charge in [0.15, 0.2) is 23.1 Å². The van der Waals surface area contributed by atoms with Crippen molar-refractivity contribution < 1.29 is 19.2 Å². The number of ketones is 4. The average molecular weight is 593 g/mol. The molecule has 8 heteroatoms. The monoisotopic (exact) mass is 592 g/mol. The van der Waals surface area contributed by atoms with Crippen molar-refractivity contribution in [2.24, 2.45) is 0 Å². The molecule has 0 heterocycles. The van der Waals surface area contributed by atoms with E-state index in [-0.39, 0.29) is 23.1 Å². The van der Waals surface area contributed by atoms with E-state index in [9.17, 15) is 19.2 Å². The molecular weight excluding hydrogens is 564 g/mol. The molecular formula is C37H28N4O4. The van der Waals surface area contributed by atoms with Crippen LogP contribution in [0.2, 0.25) is 0 Å². The SMILES string of the molecule is CN(Cc1cccc(CNc2ccc3c(c2)C(=O)c2ccc(N)cc2C3=O)c1)c1ccc2c(c1)C(=O)c1ccc(N)cc1C2=O. The van der Waals surface area contributed by atoms with E-state index >= 15 is 0 Å². The molecule has 0 fully saturated rings. The van der Waals surface area contributed by atoms with Crippen molar-refractivity contribution in [3.63, 3.8) is 0 Å². The van der Waals surface area contributed by atoms with Crippen molar-refractivity contribution >= 4 is 45.9 Å². The molecule has 0 saturated heterocycles. The summed E-state index contributed by atoms with van der Waals surface area (Å²) in [5.74, 6) is -0.799. The van der Waals surface area contributed by atoms with Crippen molar-refractivity contribution in [2.75, 3.05) is 28.7 Å². The highest BCUT2D eigenvalue weighted by Crippen LogP contribution is 2.32. The van der Waals surface area contributed by atoms with Crippen LogP contribution in [0.3, 0.4) is 0 Å². The van der Waals surface area contributed by atoms with E-state index in [2.05, 4.69) is 11.4 Å². The van der Waals surface area contributed by atoms with Crippen molar-refractivity contribution in [2.45, 2.75) is 13.1 Å². The second-order valence-corrected chi connectivity index (χ2v) is 11.4. The lowest BCUT2D eigenvalue weighted by atomic mass is 9.83. The van der Waals surface area contributed by atoms with Crippen molar-refractivity contribution in [3.8, 4) is 0 Å². The lowest BCUT2D eigenvalue weighted by Gasteiger charge is -2.23. The van der Waals surface area contributed by atoms with Gasteiger partial charge in [-0.3, -0.25) is 19.2 Å². The zero-order valence-electron chi connectivity index (χ0n) is 24.4. The summed E-state index contributed by atoms with van der Waals surface area (Å²) in [6.45, 7) is 1.08. The molecule has 0 aromatic heterocycles. The van der Waals surface area contributed by atoms with Crippen LogP contribution in [0.4, 0.5) is 22.7 Å². The molecule has 0 bridgehead atoms. The van der Waals surface area contributed by atoms with Crippen LogP contribution < -0.4 is 21.7 Å². The van der Waals surface area contributed by atoms with Crippen LogP contribution in [0.1, 0.15) is 74.8 Å². The Hall–Kier alpha value is -6.02. The van der Waals surface area contributed by atoms with Crippen molar-refractivity contribution in [1.82, 2.24) is 0 Å². The van der Waals surface area contributed by atoms with Gasteiger partial charge in [-0.25, -0.2) is 0 Å². The van der Waals surface area contributed by atoms with E-state index in [0.29, 0.717) is 69.0 Å². The maximum absolute atomic E-state index is 13.3. The standard InChI is InChI=1S/C37H28N4O4/c1-41(25-8-12-29-33(17-25)37(45)27-10-6-23(39)15-31(27)35(29)43)19-21-4-2-3-20(13-21)18-40-24-7-11-28-32(16-24)36(44)26-9-5-22(38)14-30(26)34(28)42/h2-17,40H,18-19,38-39H2,1H3. The molecule has 5 N–H and O–H groups in total. The number of nitrogens with one attached hydrogen (secondary N) is 1. The zero-order chi connectivity index (χ0) is 31.4. The third-order valence-electron chi connectivity index (χ3n) is 8.42. The normalized spacial score (nSPS) is 13.1. The number of carbonyl (C=O) groups excluding carboxylic acids is 4. The van der Waals surface area contributed by atoms with E-state index in [4.69, 9.17) is 11.5 Å². The Balaban J connectivity index is 1.05. The number of carbonyl (C=O) groups is 4. The summed E-state index contributed by atoms with van der Waals surface area (Å²) in [4.78, 5) is 54.5. The first-order valence-electron chi connectivity index (χ1n) is 14.5. The van der Waals surface area contributed by atoms with Gasteiger partial charge in [-0.2, -0.15) is 0 Å². The van der Waals surface area contributed by atoms with Gasteiger partial charge in [0.2, 0.25) is 0 Å². The first-order chi connectivity index (χ1) is 21.7. The summed E-state index contributed by atoms with van der Waals surface area (Å²) in [6.07, 6.45) is 0. The number of benzene rings is 5. The van der Waals surface area contributed by atoms with Gasteiger partial charge in [0.1, 0.15) is 0 Å². The quantitative estimate of drug-likeness (QED) is 0.211. The fraction of sp³-hybridized carbons (Fsp3) is 0.0811. The van der Waals surface area contributed by atoms with Gasteiger partial charge in [-0.1, -0.05) is 24.3 Å². The number of rotatable bonds is 6. The molecule has 5 aromatic carbocycles. The van der Waals surface area contributed by atoms with Gasteiger partial charge in [-0.15, -0.1) is 0 Å². The van der Waals surface area contributed by atoms with Crippen LogP contribution in [0.5, 0.6) is 0 Å². The minimum absolute atomic E-state index is 0.190. The predicted octanol–water partition coefficient (Wildman–Crippen LogP) is 5.65. The van der Waals surface area contributed by atoms with Crippen molar-refractivity contribution in [1.29, 1.82) is 0 Å². The molecule has 5 aromatic rings. The van der Waals surface area contributed by atoms with Gasteiger partial charge in [0.25, 0.3) is 0 Å². The molecule has 0 aliphatic heterocycles. The Bertz CT molecular complexity index is 2120. The number of hydrogen-bond acceptors (Lipinski definition) is 8. The number of nitrogens with two attached hydrogens (primary N) is 2. The average Bonchev–Trinajstić information content (AvgIpc) is 3.05. The van der Waals surface area contributed by atoms with E-state index in [1.54, 1.807) is 66.7 Å². The van der Waals surface area contributed by atoms with Gasteiger partial charge >= 0.3 is 0 Å². The number of hydrogen-bond donors (Lipinski definition) is 3. The highest BCUT2D eigenvalue weighted by molar-refractivity contribution is 6.29. The number of nitrogen functional groups attached to an aromatic ring is 2. The first-order valence-corrected chi connectivity index (χ1v) is 14.5. The smallest absolute Gasteiger partial charge is 0.194 e. The Morgan fingerprint density at radius 1 is 0.533 bits per heavy atom. The maximum atomic E-state index is 13.3. The van der Waals surface area contributed by atoms with Gasteiger partial charge < -0.3 is 21.7 Å². The van der Waals surface area contributed by atoms with E-state index in [1.165, 1.54) is 0 Å². The van der Waals surface area contributed by atoms with E-state index in [0.717, 1.165) is 22.5 Å². The third kappa shape index (κ3) is 4.82. The van der Waals surface area contributed by atoms with Gasteiger partial charge in [0, 0.05) is 87.4 Å². The van der Waals surface area contributed by atoms with Crippen LogP contribution in [-0.4, -0.2) is 30.2 Å². The molecule has 220 valence electrons. The summed E-state index contributed by atoms with van der Waals surface area (Å²) >= 11 is 0. The number of nitrogens with zero attached hydrogens (tertiary/aromatic N) is 1. The van der Waals surface area contributed by atoms with Gasteiger partial charge in [-0.05, 0) is 83.9 Å². The molecule has 0 radical (unpaired) electrons. The Kier molecular flexibility index (Phi) is 6.55. The number of anilines is 4. The Labute approximate surface area is 259 Å². The van der Waals surface area contributed by atoms with Crippen LogP contribution in [0.25, 0.3) is 0 Å². The highest BCUT2D eigenvalue weighted by atomic mass is 16.1. The summed E-state index contributed by atoms with van der Waals surface area (Å²) in [5.41, 5.74) is 19.1. The Morgan fingerprint density at radius 2 is 1.02 bits per heavy atom. The number of fused-ring (bicyclic) bond motifs is 4. The van der Waals surface area contributed by atoms with Gasteiger partial charge in [0.05, 0.1) is 0 Å². The van der Waals surface area contributed by atoms with E-state index in [1.807, 2.05) is 36.2 Å². The molecule has 0 saturated carbocycles.